The first-order valence-corrected chi connectivity index (χ1v) is 8.31. The average molecular weight is 298 g/mol. The van der Waals surface area contributed by atoms with E-state index in [1.54, 1.807) is 7.11 Å². The Morgan fingerprint density at radius 3 is 2.82 bits per heavy atom. The Hall–Kier alpha value is -1.58. The van der Waals surface area contributed by atoms with Crippen molar-refractivity contribution in [2.24, 2.45) is 0 Å². The van der Waals surface area contributed by atoms with Crippen LogP contribution in [-0.2, 0) is 6.54 Å². The van der Waals surface area contributed by atoms with Crippen molar-refractivity contribution >= 4 is 10.8 Å². The molecule has 1 fully saturated rings. The summed E-state index contributed by atoms with van der Waals surface area (Å²) in [5.41, 5.74) is 1.35. The number of likely N-dealkylation sites (N-methyl/N-ethyl adjacent to an activating group) is 1. The van der Waals surface area contributed by atoms with E-state index in [4.69, 9.17) is 4.74 Å². The minimum atomic E-state index is 0.717. The van der Waals surface area contributed by atoms with E-state index in [0.717, 1.165) is 24.9 Å². The molecule has 0 aromatic heterocycles. The molecule has 0 bridgehead atoms. The Morgan fingerprint density at radius 1 is 1.18 bits per heavy atom. The van der Waals surface area contributed by atoms with Crippen molar-refractivity contribution in [3.8, 4) is 5.75 Å². The lowest BCUT2D eigenvalue weighted by atomic mass is 10.1. The summed E-state index contributed by atoms with van der Waals surface area (Å²) in [4.78, 5) is 2.58. The summed E-state index contributed by atoms with van der Waals surface area (Å²) >= 11 is 0. The highest BCUT2D eigenvalue weighted by Gasteiger charge is 2.21. The van der Waals surface area contributed by atoms with Gasteiger partial charge in [0.25, 0.3) is 0 Å². The van der Waals surface area contributed by atoms with E-state index in [-0.39, 0.29) is 0 Å². The van der Waals surface area contributed by atoms with Crippen LogP contribution in [0, 0.1) is 0 Å². The number of likely N-dealkylation sites (tertiary alicyclic amines) is 1. The summed E-state index contributed by atoms with van der Waals surface area (Å²) in [6, 6.07) is 13.6. The quantitative estimate of drug-likeness (QED) is 0.884. The number of hydrogen-bond donors (Lipinski definition) is 1. The van der Waals surface area contributed by atoms with Gasteiger partial charge in [-0.2, -0.15) is 0 Å². The molecule has 0 radical (unpaired) electrons. The number of rotatable bonds is 6. The molecule has 0 saturated carbocycles. The number of methoxy groups -OCH3 is 1. The van der Waals surface area contributed by atoms with Crippen LogP contribution in [-0.4, -0.2) is 37.7 Å². The number of benzene rings is 2. The molecule has 3 heteroatoms. The van der Waals surface area contributed by atoms with E-state index in [0.29, 0.717) is 0 Å². The molecule has 1 N–H and O–H groups in total. The minimum Gasteiger partial charge on any atom is -0.497 e. The molecule has 2 aromatic rings. The second kappa shape index (κ2) is 7.12. The van der Waals surface area contributed by atoms with Crippen LogP contribution in [0.3, 0.4) is 0 Å². The average Bonchev–Trinajstić information content (AvgIpc) is 3.02. The molecule has 3 rings (SSSR count). The zero-order chi connectivity index (χ0) is 15.4. The molecule has 0 aliphatic carbocycles. The fourth-order valence-corrected chi connectivity index (χ4v) is 3.44. The highest BCUT2D eigenvalue weighted by molar-refractivity contribution is 5.84. The fourth-order valence-electron chi connectivity index (χ4n) is 3.44. The smallest absolute Gasteiger partial charge is 0.119 e. The van der Waals surface area contributed by atoms with Crippen molar-refractivity contribution < 1.29 is 4.74 Å². The van der Waals surface area contributed by atoms with Crippen LogP contribution in [0.4, 0.5) is 0 Å². The molecule has 1 heterocycles. The first kappa shape index (κ1) is 15.3. The van der Waals surface area contributed by atoms with Gasteiger partial charge < -0.3 is 10.1 Å². The lowest BCUT2D eigenvalue weighted by Gasteiger charge is -2.23. The van der Waals surface area contributed by atoms with Crippen LogP contribution < -0.4 is 10.1 Å². The Morgan fingerprint density at radius 2 is 2.00 bits per heavy atom. The normalized spacial score (nSPS) is 18.9. The van der Waals surface area contributed by atoms with E-state index < -0.39 is 0 Å². The highest BCUT2D eigenvalue weighted by Crippen LogP contribution is 2.22. The molecule has 0 amide bonds. The molecular formula is C19H26N2O. The van der Waals surface area contributed by atoms with Crippen LogP contribution in [0.5, 0.6) is 5.75 Å². The van der Waals surface area contributed by atoms with Crippen LogP contribution in [0.1, 0.15) is 25.3 Å². The SMILES string of the molecule is CCN1CCCC1CNCc1ccc2cc(OC)ccc2c1. The number of ether oxygens (including phenoxy) is 1. The maximum atomic E-state index is 5.28. The number of nitrogens with one attached hydrogen (secondary N) is 1. The predicted molar refractivity (Wildman–Crippen MR) is 92.5 cm³/mol. The highest BCUT2D eigenvalue weighted by atomic mass is 16.5. The number of nitrogens with zero attached hydrogens (tertiary/aromatic N) is 1. The Balaban J connectivity index is 1.59. The van der Waals surface area contributed by atoms with Gasteiger partial charge in [0.05, 0.1) is 7.11 Å². The van der Waals surface area contributed by atoms with Crippen molar-refractivity contribution in [2.75, 3.05) is 26.7 Å². The summed E-state index contributed by atoms with van der Waals surface area (Å²) in [5, 5.41) is 6.14. The Bertz CT molecular complexity index is 626. The van der Waals surface area contributed by atoms with Crippen molar-refractivity contribution in [3.63, 3.8) is 0 Å². The molecule has 3 nitrogen and oxygen atoms in total. The predicted octanol–water partition coefficient (Wildman–Crippen LogP) is 3.42. The first-order chi connectivity index (χ1) is 10.8. The van der Waals surface area contributed by atoms with Crippen LogP contribution in [0.2, 0.25) is 0 Å². The molecule has 1 aliphatic rings. The maximum Gasteiger partial charge on any atom is 0.119 e. The van der Waals surface area contributed by atoms with Crippen molar-refractivity contribution in [1.29, 1.82) is 0 Å². The van der Waals surface area contributed by atoms with Crippen LogP contribution >= 0.6 is 0 Å². The van der Waals surface area contributed by atoms with E-state index in [1.165, 1.54) is 42.3 Å². The van der Waals surface area contributed by atoms with Gasteiger partial charge in [-0.3, -0.25) is 4.90 Å². The Kier molecular flexibility index (Phi) is 4.96. The molecule has 2 aromatic carbocycles. The molecule has 1 aliphatic heterocycles. The maximum absolute atomic E-state index is 5.28. The van der Waals surface area contributed by atoms with Crippen molar-refractivity contribution in [3.05, 3.63) is 42.0 Å². The van der Waals surface area contributed by atoms with Gasteiger partial charge in [0, 0.05) is 19.1 Å². The molecule has 22 heavy (non-hydrogen) atoms. The molecule has 1 atom stereocenters. The number of hydrogen-bond acceptors (Lipinski definition) is 3. The van der Waals surface area contributed by atoms with E-state index in [9.17, 15) is 0 Å². The molecule has 0 spiro atoms. The van der Waals surface area contributed by atoms with Crippen molar-refractivity contribution in [1.82, 2.24) is 10.2 Å². The molecule has 1 saturated heterocycles. The van der Waals surface area contributed by atoms with E-state index >= 15 is 0 Å². The molecule has 118 valence electrons. The standard InChI is InChI=1S/C19H26N2O/c1-3-21-10-4-5-18(21)14-20-13-15-6-7-17-12-19(22-2)9-8-16(17)11-15/h6-9,11-12,18,20H,3-5,10,13-14H2,1-2H3. The lowest BCUT2D eigenvalue weighted by Crippen LogP contribution is -2.37. The van der Waals surface area contributed by atoms with E-state index in [2.05, 4.69) is 47.5 Å². The summed E-state index contributed by atoms with van der Waals surface area (Å²) in [5.74, 6) is 0.916. The lowest BCUT2D eigenvalue weighted by molar-refractivity contribution is 0.260. The van der Waals surface area contributed by atoms with Gasteiger partial charge in [0.15, 0.2) is 0 Å². The zero-order valence-electron chi connectivity index (χ0n) is 13.6. The summed E-state index contributed by atoms with van der Waals surface area (Å²) in [6.45, 7) is 6.73. The second-order valence-electron chi connectivity index (χ2n) is 6.10. The Labute approximate surface area is 133 Å². The van der Waals surface area contributed by atoms with Crippen molar-refractivity contribution in [2.45, 2.75) is 32.4 Å². The molecular weight excluding hydrogens is 272 g/mol. The van der Waals surface area contributed by atoms with Gasteiger partial charge >= 0.3 is 0 Å². The van der Waals surface area contributed by atoms with Gasteiger partial charge in [-0.15, -0.1) is 0 Å². The van der Waals surface area contributed by atoms with Gasteiger partial charge in [-0.25, -0.2) is 0 Å². The third-order valence-corrected chi connectivity index (χ3v) is 4.73. The summed E-state index contributed by atoms with van der Waals surface area (Å²) in [6.07, 6.45) is 2.68. The topological polar surface area (TPSA) is 24.5 Å². The zero-order valence-corrected chi connectivity index (χ0v) is 13.6. The fraction of sp³-hybridized carbons (Fsp3) is 0.474. The first-order valence-electron chi connectivity index (χ1n) is 8.31. The van der Waals surface area contributed by atoms with Gasteiger partial charge in [-0.1, -0.05) is 25.1 Å². The van der Waals surface area contributed by atoms with Crippen LogP contribution in [0.25, 0.3) is 10.8 Å². The van der Waals surface area contributed by atoms with Crippen LogP contribution in [0.15, 0.2) is 36.4 Å². The van der Waals surface area contributed by atoms with Gasteiger partial charge in [0.2, 0.25) is 0 Å². The minimum absolute atomic E-state index is 0.717. The van der Waals surface area contributed by atoms with Gasteiger partial charge in [-0.05, 0) is 60.5 Å². The largest absolute Gasteiger partial charge is 0.497 e. The van der Waals surface area contributed by atoms with E-state index in [1.807, 2.05) is 6.07 Å². The summed E-state index contributed by atoms with van der Waals surface area (Å²) < 4.78 is 5.28. The third kappa shape index (κ3) is 3.42. The number of fused-ring (bicyclic) bond motifs is 1. The van der Waals surface area contributed by atoms with Gasteiger partial charge in [0.1, 0.15) is 5.75 Å². The second-order valence-corrected chi connectivity index (χ2v) is 6.10. The molecule has 1 unspecified atom stereocenters. The summed E-state index contributed by atoms with van der Waals surface area (Å²) in [7, 11) is 1.71. The third-order valence-electron chi connectivity index (χ3n) is 4.73. The monoisotopic (exact) mass is 298 g/mol.